The van der Waals surface area contributed by atoms with Gasteiger partial charge in [0.2, 0.25) is 5.91 Å². The van der Waals surface area contributed by atoms with Crippen LogP contribution in [0.2, 0.25) is 5.02 Å². The van der Waals surface area contributed by atoms with Crippen LogP contribution >= 0.6 is 22.9 Å². The maximum Gasteiger partial charge on any atom is 0.225 e. The SMILES string of the molecule is CCC(C(N)=O)c1cscc1Cl. The lowest BCUT2D eigenvalue weighted by molar-refractivity contribution is -0.119. The highest BCUT2D eigenvalue weighted by molar-refractivity contribution is 7.08. The van der Waals surface area contributed by atoms with E-state index in [1.165, 1.54) is 11.3 Å². The lowest BCUT2D eigenvalue weighted by Gasteiger charge is -2.08. The predicted molar refractivity (Wildman–Crippen MR) is 51.6 cm³/mol. The van der Waals surface area contributed by atoms with Crippen LogP contribution in [-0.4, -0.2) is 5.91 Å². The molecule has 0 spiro atoms. The van der Waals surface area contributed by atoms with E-state index in [1.807, 2.05) is 17.7 Å². The number of hydrogen-bond acceptors (Lipinski definition) is 2. The molecule has 0 saturated carbocycles. The molecule has 1 atom stereocenters. The number of carbonyl (C=O) groups excluding carboxylic acids is 1. The van der Waals surface area contributed by atoms with E-state index in [4.69, 9.17) is 17.3 Å². The van der Waals surface area contributed by atoms with Crippen LogP contribution in [0.3, 0.4) is 0 Å². The molecule has 2 N–H and O–H groups in total. The zero-order chi connectivity index (χ0) is 9.14. The standard InChI is InChI=1S/C8H10ClNOS/c1-2-5(8(10)11)6-3-12-4-7(6)9/h3-5H,2H2,1H3,(H2,10,11). The molecule has 1 heterocycles. The molecule has 2 nitrogen and oxygen atoms in total. The fourth-order valence-corrected chi connectivity index (χ4v) is 2.28. The van der Waals surface area contributed by atoms with E-state index in [0.29, 0.717) is 11.4 Å². The second-order valence-corrected chi connectivity index (χ2v) is 3.69. The van der Waals surface area contributed by atoms with Crippen LogP contribution in [0, 0.1) is 0 Å². The van der Waals surface area contributed by atoms with E-state index in [2.05, 4.69) is 0 Å². The van der Waals surface area contributed by atoms with Crippen molar-refractivity contribution in [3.05, 3.63) is 21.3 Å². The summed E-state index contributed by atoms with van der Waals surface area (Å²) in [5.41, 5.74) is 6.07. The van der Waals surface area contributed by atoms with Gasteiger partial charge in [0.05, 0.1) is 10.9 Å². The topological polar surface area (TPSA) is 43.1 Å². The van der Waals surface area contributed by atoms with Gasteiger partial charge < -0.3 is 5.73 Å². The summed E-state index contributed by atoms with van der Waals surface area (Å²) in [6.07, 6.45) is 0.700. The molecule has 0 aliphatic carbocycles. The Hall–Kier alpha value is -0.540. The molecular formula is C8H10ClNOS. The molecule has 1 unspecified atom stereocenters. The second-order valence-electron chi connectivity index (χ2n) is 2.54. The maximum atomic E-state index is 10.9. The van der Waals surface area contributed by atoms with E-state index >= 15 is 0 Å². The van der Waals surface area contributed by atoms with Crippen LogP contribution in [-0.2, 0) is 4.79 Å². The average Bonchev–Trinajstić information content (AvgIpc) is 2.38. The monoisotopic (exact) mass is 203 g/mol. The minimum absolute atomic E-state index is 0.233. The molecule has 1 rings (SSSR count). The normalized spacial score (nSPS) is 12.8. The van der Waals surface area contributed by atoms with Crippen molar-refractivity contribution in [3.8, 4) is 0 Å². The third-order valence-electron chi connectivity index (χ3n) is 1.77. The molecule has 66 valence electrons. The summed E-state index contributed by atoms with van der Waals surface area (Å²) >= 11 is 7.35. The van der Waals surface area contributed by atoms with Crippen molar-refractivity contribution in [2.75, 3.05) is 0 Å². The van der Waals surface area contributed by atoms with Crippen molar-refractivity contribution in [1.29, 1.82) is 0 Å². The predicted octanol–water partition coefficient (Wildman–Crippen LogP) is 2.38. The minimum Gasteiger partial charge on any atom is -0.369 e. The minimum atomic E-state index is -0.308. The van der Waals surface area contributed by atoms with Gasteiger partial charge in [0.25, 0.3) is 0 Å². The molecule has 0 radical (unpaired) electrons. The molecule has 0 aliphatic heterocycles. The van der Waals surface area contributed by atoms with Gasteiger partial charge in [-0.25, -0.2) is 0 Å². The van der Waals surface area contributed by atoms with Crippen molar-refractivity contribution in [1.82, 2.24) is 0 Å². The number of halogens is 1. The van der Waals surface area contributed by atoms with Crippen LogP contribution in [0.25, 0.3) is 0 Å². The first-order valence-corrected chi connectivity index (χ1v) is 4.99. The molecule has 12 heavy (non-hydrogen) atoms. The van der Waals surface area contributed by atoms with E-state index in [1.54, 1.807) is 0 Å². The highest BCUT2D eigenvalue weighted by Crippen LogP contribution is 2.29. The van der Waals surface area contributed by atoms with E-state index in [0.717, 1.165) is 5.56 Å². The maximum absolute atomic E-state index is 10.9. The summed E-state index contributed by atoms with van der Waals surface area (Å²) in [6, 6.07) is 0. The highest BCUT2D eigenvalue weighted by atomic mass is 35.5. The molecule has 0 aromatic carbocycles. The van der Waals surface area contributed by atoms with Crippen LogP contribution in [0.5, 0.6) is 0 Å². The Kier molecular flexibility index (Phi) is 3.12. The summed E-state index contributed by atoms with van der Waals surface area (Å²) in [5, 5.41) is 4.33. The Morgan fingerprint density at radius 3 is 2.75 bits per heavy atom. The highest BCUT2D eigenvalue weighted by Gasteiger charge is 2.18. The molecule has 1 amide bonds. The summed E-state index contributed by atoms with van der Waals surface area (Å²) in [6.45, 7) is 1.92. The molecule has 0 aliphatic rings. The number of carbonyl (C=O) groups is 1. The Labute approximate surface area is 80.3 Å². The van der Waals surface area contributed by atoms with Crippen molar-refractivity contribution in [3.63, 3.8) is 0 Å². The van der Waals surface area contributed by atoms with Gasteiger partial charge in [-0.15, -0.1) is 0 Å². The fraction of sp³-hybridized carbons (Fsp3) is 0.375. The molecule has 1 aromatic rings. The zero-order valence-electron chi connectivity index (χ0n) is 6.71. The number of nitrogens with two attached hydrogens (primary N) is 1. The summed E-state index contributed by atoms with van der Waals surface area (Å²) < 4.78 is 0. The first-order chi connectivity index (χ1) is 5.66. The van der Waals surface area contributed by atoms with Gasteiger partial charge in [0.15, 0.2) is 0 Å². The van der Waals surface area contributed by atoms with Gasteiger partial charge in [-0.1, -0.05) is 18.5 Å². The largest absolute Gasteiger partial charge is 0.369 e. The smallest absolute Gasteiger partial charge is 0.225 e. The van der Waals surface area contributed by atoms with Gasteiger partial charge in [0, 0.05) is 5.38 Å². The Bertz CT molecular complexity index is 284. The van der Waals surface area contributed by atoms with Crippen molar-refractivity contribution in [2.24, 2.45) is 5.73 Å². The third-order valence-corrected chi connectivity index (χ3v) is 2.99. The van der Waals surface area contributed by atoms with E-state index in [9.17, 15) is 4.79 Å². The number of rotatable bonds is 3. The third kappa shape index (κ3) is 1.79. The number of hydrogen-bond donors (Lipinski definition) is 1. The van der Waals surface area contributed by atoms with Crippen LogP contribution in [0.4, 0.5) is 0 Å². The quantitative estimate of drug-likeness (QED) is 0.806. The summed E-state index contributed by atoms with van der Waals surface area (Å²) in [5.74, 6) is -0.540. The number of primary amides is 1. The lowest BCUT2D eigenvalue weighted by atomic mass is 9.99. The second kappa shape index (κ2) is 3.92. The Morgan fingerprint density at radius 2 is 2.42 bits per heavy atom. The van der Waals surface area contributed by atoms with Gasteiger partial charge in [-0.05, 0) is 17.4 Å². The van der Waals surface area contributed by atoms with Crippen molar-refractivity contribution < 1.29 is 4.79 Å². The number of thiophene rings is 1. The van der Waals surface area contributed by atoms with Crippen LogP contribution in [0.15, 0.2) is 10.8 Å². The first-order valence-electron chi connectivity index (χ1n) is 3.67. The molecular weight excluding hydrogens is 194 g/mol. The number of amides is 1. The van der Waals surface area contributed by atoms with Crippen molar-refractivity contribution in [2.45, 2.75) is 19.3 Å². The van der Waals surface area contributed by atoms with Gasteiger partial charge in [-0.3, -0.25) is 4.79 Å². The molecule has 0 fully saturated rings. The average molecular weight is 204 g/mol. The van der Waals surface area contributed by atoms with Crippen LogP contribution in [0.1, 0.15) is 24.8 Å². The summed E-state index contributed by atoms with van der Waals surface area (Å²) in [4.78, 5) is 10.9. The van der Waals surface area contributed by atoms with Crippen LogP contribution < -0.4 is 5.73 Å². The van der Waals surface area contributed by atoms with Gasteiger partial charge >= 0.3 is 0 Å². The zero-order valence-corrected chi connectivity index (χ0v) is 8.28. The molecule has 1 aromatic heterocycles. The van der Waals surface area contributed by atoms with E-state index < -0.39 is 0 Å². The van der Waals surface area contributed by atoms with Gasteiger partial charge in [-0.2, -0.15) is 11.3 Å². The fourth-order valence-electron chi connectivity index (χ4n) is 1.11. The molecule has 0 saturated heterocycles. The van der Waals surface area contributed by atoms with Crippen molar-refractivity contribution >= 4 is 28.8 Å². The van der Waals surface area contributed by atoms with Gasteiger partial charge in [0.1, 0.15) is 0 Å². The lowest BCUT2D eigenvalue weighted by Crippen LogP contribution is -2.20. The first kappa shape index (κ1) is 9.55. The molecule has 4 heteroatoms. The summed E-state index contributed by atoms with van der Waals surface area (Å²) in [7, 11) is 0. The van der Waals surface area contributed by atoms with E-state index in [-0.39, 0.29) is 11.8 Å². The molecule has 0 bridgehead atoms. The Balaban J connectivity index is 2.94. The Morgan fingerprint density at radius 1 is 1.75 bits per heavy atom.